The topological polar surface area (TPSA) is 76.2 Å². The number of thiazole rings is 1. The molecule has 0 fully saturated rings. The molecule has 2 aromatic carbocycles. The largest absolute Gasteiger partial charge is 0.493 e. The number of methoxy groups -OCH3 is 2. The van der Waals surface area contributed by atoms with Crippen molar-refractivity contribution < 1.29 is 14.3 Å². The average Bonchev–Trinajstić information content (AvgIpc) is 3.34. The molecule has 1 amide bonds. The van der Waals surface area contributed by atoms with E-state index >= 15 is 0 Å². The molecule has 0 atom stereocenters. The van der Waals surface area contributed by atoms with Crippen LogP contribution in [0.5, 0.6) is 11.5 Å². The summed E-state index contributed by atoms with van der Waals surface area (Å²) in [6.45, 7) is 0. The van der Waals surface area contributed by atoms with Crippen molar-refractivity contribution in [2.45, 2.75) is 0 Å². The van der Waals surface area contributed by atoms with E-state index in [-0.39, 0.29) is 5.91 Å². The van der Waals surface area contributed by atoms with Crippen LogP contribution in [0, 0.1) is 0 Å². The quantitative estimate of drug-likeness (QED) is 0.533. The number of anilines is 1. The van der Waals surface area contributed by atoms with Gasteiger partial charge in [0.25, 0.3) is 5.91 Å². The maximum Gasteiger partial charge on any atom is 0.257 e. The Bertz CT molecular complexity index is 1120. The van der Waals surface area contributed by atoms with Crippen LogP contribution >= 0.6 is 11.3 Å². The first-order valence-electron chi connectivity index (χ1n) is 8.25. The molecule has 0 bridgehead atoms. The summed E-state index contributed by atoms with van der Waals surface area (Å²) in [7, 11) is 3.09. The van der Waals surface area contributed by atoms with Crippen LogP contribution in [0.15, 0.2) is 54.0 Å². The molecule has 0 aliphatic carbocycles. The molecule has 2 aromatic heterocycles. The van der Waals surface area contributed by atoms with Crippen molar-refractivity contribution in [2.75, 3.05) is 19.5 Å². The maximum absolute atomic E-state index is 12.5. The molecule has 0 unspecified atom stereocenters. The lowest BCUT2D eigenvalue weighted by atomic mass is 10.1. The summed E-state index contributed by atoms with van der Waals surface area (Å²) < 4.78 is 10.4. The summed E-state index contributed by atoms with van der Waals surface area (Å²) in [4.78, 5) is 20.3. The van der Waals surface area contributed by atoms with Crippen molar-refractivity contribution in [1.29, 1.82) is 0 Å². The first-order valence-corrected chi connectivity index (χ1v) is 9.13. The summed E-state index contributed by atoms with van der Waals surface area (Å²) in [5.41, 5.74) is 3.35. The van der Waals surface area contributed by atoms with E-state index in [9.17, 15) is 4.79 Å². The minimum absolute atomic E-state index is 0.254. The molecule has 6 nitrogen and oxygen atoms in total. The molecule has 0 spiro atoms. The predicted octanol–water partition coefficient (Wildman–Crippen LogP) is 4.56. The number of H-pyrrole nitrogens is 1. The van der Waals surface area contributed by atoms with Crippen LogP contribution < -0.4 is 14.8 Å². The summed E-state index contributed by atoms with van der Waals surface area (Å²) in [5.74, 6) is 0.824. The van der Waals surface area contributed by atoms with Crippen LogP contribution in [0.2, 0.25) is 0 Å². The number of hydrogen-bond donors (Lipinski definition) is 2. The van der Waals surface area contributed by atoms with E-state index in [0.717, 1.165) is 22.2 Å². The molecule has 0 saturated carbocycles. The number of hydrogen-bond acceptors (Lipinski definition) is 5. The monoisotopic (exact) mass is 379 g/mol. The van der Waals surface area contributed by atoms with Gasteiger partial charge in [-0.05, 0) is 24.3 Å². The van der Waals surface area contributed by atoms with Gasteiger partial charge >= 0.3 is 0 Å². The number of benzene rings is 2. The zero-order valence-electron chi connectivity index (χ0n) is 14.8. The molecule has 7 heteroatoms. The SMILES string of the molecule is COc1ccc(C(=O)Nc2nc(-c3c[nH]c4ccccc34)cs2)cc1OC. The third-order valence-electron chi connectivity index (χ3n) is 4.24. The Morgan fingerprint density at radius 3 is 2.74 bits per heavy atom. The van der Waals surface area contributed by atoms with Gasteiger partial charge in [0.1, 0.15) is 0 Å². The van der Waals surface area contributed by atoms with Gasteiger partial charge in [-0.15, -0.1) is 11.3 Å². The normalized spacial score (nSPS) is 10.7. The highest BCUT2D eigenvalue weighted by Crippen LogP contribution is 2.32. The third kappa shape index (κ3) is 3.24. The van der Waals surface area contributed by atoms with E-state index in [1.165, 1.54) is 18.4 Å². The van der Waals surface area contributed by atoms with Crippen LogP contribution in [0.3, 0.4) is 0 Å². The number of ether oxygens (including phenoxy) is 2. The number of nitrogens with one attached hydrogen (secondary N) is 2. The van der Waals surface area contributed by atoms with Gasteiger partial charge in [0.2, 0.25) is 0 Å². The second-order valence-electron chi connectivity index (χ2n) is 5.81. The summed E-state index contributed by atoms with van der Waals surface area (Å²) in [6.07, 6.45) is 1.93. The molecule has 0 aliphatic rings. The standard InChI is InChI=1S/C20H17N3O3S/c1-25-17-8-7-12(9-18(17)26-2)19(24)23-20-22-16(11-27-20)14-10-21-15-6-4-3-5-13(14)15/h3-11,21H,1-2H3,(H,22,23,24). The van der Waals surface area contributed by atoms with Crippen molar-refractivity contribution in [3.8, 4) is 22.8 Å². The number of carbonyl (C=O) groups is 1. The van der Waals surface area contributed by atoms with E-state index in [4.69, 9.17) is 9.47 Å². The number of aromatic nitrogens is 2. The molecule has 4 aromatic rings. The molecule has 0 radical (unpaired) electrons. The van der Waals surface area contributed by atoms with Gasteiger partial charge in [-0.1, -0.05) is 18.2 Å². The molecule has 4 rings (SSSR count). The lowest BCUT2D eigenvalue weighted by Crippen LogP contribution is -2.11. The number of amides is 1. The highest BCUT2D eigenvalue weighted by atomic mass is 32.1. The van der Waals surface area contributed by atoms with E-state index in [0.29, 0.717) is 22.2 Å². The number of para-hydroxylation sites is 1. The fraction of sp³-hybridized carbons (Fsp3) is 0.100. The van der Waals surface area contributed by atoms with Crippen molar-refractivity contribution in [3.05, 3.63) is 59.6 Å². The Morgan fingerprint density at radius 1 is 1.11 bits per heavy atom. The van der Waals surface area contributed by atoms with Gasteiger partial charge in [-0.25, -0.2) is 4.98 Å². The number of fused-ring (bicyclic) bond motifs is 1. The van der Waals surface area contributed by atoms with Gasteiger partial charge in [-0.2, -0.15) is 0 Å². The van der Waals surface area contributed by atoms with E-state index < -0.39 is 0 Å². The minimum atomic E-state index is -0.254. The molecule has 136 valence electrons. The van der Waals surface area contributed by atoms with Crippen LogP contribution in [-0.2, 0) is 0 Å². The second-order valence-corrected chi connectivity index (χ2v) is 6.67. The Labute approximate surface area is 159 Å². The van der Waals surface area contributed by atoms with Gasteiger partial charge < -0.3 is 14.5 Å². The Morgan fingerprint density at radius 2 is 1.93 bits per heavy atom. The van der Waals surface area contributed by atoms with Gasteiger partial charge in [0.15, 0.2) is 16.6 Å². The molecule has 0 saturated heterocycles. The maximum atomic E-state index is 12.5. The molecule has 27 heavy (non-hydrogen) atoms. The first-order chi connectivity index (χ1) is 13.2. The number of nitrogens with zero attached hydrogens (tertiary/aromatic N) is 1. The Hall–Kier alpha value is -3.32. The van der Waals surface area contributed by atoms with Crippen LogP contribution in [0.25, 0.3) is 22.2 Å². The zero-order valence-corrected chi connectivity index (χ0v) is 15.6. The number of aromatic amines is 1. The lowest BCUT2D eigenvalue weighted by molar-refractivity contribution is 0.102. The van der Waals surface area contributed by atoms with Crippen molar-refractivity contribution in [3.63, 3.8) is 0 Å². The highest BCUT2D eigenvalue weighted by Gasteiger charge is 2.14. The third-order valence-corrected chi connectivity index (χ3v) is 4.99. The van der Waals surface area contributed by atoms with Crippen molar-refractivity contribution in [2.24, 2.45) is 0 Å². The Balaban J connectivity index is 1.57. The zero-order chi connectivity index (χ0) is 18.8. The number of rotatable bonds is 5. The smallest absolute Gasteiger partial charge is 0.257 e. The van der Waals surface area contributed by atoms with Crippen LogP contribution in [0.4, 0.5) is 5.13 Å². The Kier molecular flexibility index (Phi) is 4.52. The van der Waals surface area contributed by atoms with Crippen molar-refractivity contribution >= 4 is 33.3 Å². The van der Waals surface area contributed by atoms with Crippen molar-refractivity contribution in [1.82, 2.24) is 9.97 Å². The first kappa shape index (κ1) is 17.1. The van der Waals surface area contributed by atoms with Gasteiger partial charge in [0, 0.05) is 33.6 Å². The van der Waals surface area contributed by atoms with Gasteiger partial charge in [-0.3, -0.25) is 10.1 Å². The predicted molar refractivity (Wildman–Crippen MR) is 107 cm³/mol. The summed E-state index contributed by atoms with van der Waals surface area (Å²) >= 11 is 1.38. The van der Waals surface area contributed by atoms with Crippen LogP contribution in [0.1, 0.15) is 10.4 Å². The molecule has 0 aliphatic heterocycles. The van der Waals surface area contributed by atoms with E-state index in [2.05, 4.69) is 15.3 Å². The van der Waals surface area contributed by atoms with Gasteiger partial charge in [0.05, 0.1) is 19.9 Å². The van der Waals surface area contributed by atoms with E-state index in [1.54, 1.807) is 25.3 Å². The van der Waals surface area contributed by atoms with Crippen LogP contribution in [-0.4, -0.2) is 30.1 Å². The fourth-order valence-electron chi connectivity index (χ4n) is 2.89. The molecule has 2 N–H and O–H groups in total. The number of carbonyl (C=O) groups excluding carboxylic acids is 1. The van der Waals surface area contributed by atoms with E-state index in [1.807, 2.05) is 35.8 Å². The second kappa shape index (κ2) is 7.13. The summed E-state index contributed by atoms with van der Waals surface area (Å²) in [5, 5.41) is 6.40. The minimum Gasteiger partial charge on any atom is -0.493 e. The fourth-order valence-corrected chi connectivity index (χ4v) is 3.59. The molecule has 2 heterocycles. The average molecular weight is 379 g/mol. The summed E-state index contributed by atoms with van der Waals surface area (Å²) in [6, 6.07) is 13.1. The molecular weight excluding hydrogens is 362 g/mol. The molecular formula is C20H17N3O3S. The highest BCUT2D eigenvalue weighted by molar-refractivity contribution is 7.14. The lowest BCUT2D eigenvalue weighted by Gasteiger charge is -2.09.